The number of esters is 2. The summed E-state index contributed by atoms with van der Waals surface area (Å²) in [5.41, 5.74) is 0. The summed E-state index contributed by atoms with van der Waals surface area (Å²) < 4.78 is 19.9. The van der Waals surface area contributed by atoms with Crippen LogP contribution < -0.4 is 0 Å². The Hall–Kier alpha value is -1.17. The fourth-order valence-corrected chi connectivity index (χ4v) is 1.50. The molecule has 7 nitrogen and oxygen atoms in total. The van der Waals surface area contributed by atoms with E-state index >= 15 is 0 Å². The fraction of sp³-hybridized carbons (Fsp3) is 0.600. The number of hydrogen-bond donors (Lipinski definition) is 2. The molecule has 0 aliphatic rings. The minimum absolute atomic E-state index is 0.0226. The Bertz CT molecular complexity index is 346. The number of hydrogen-bond acceptors (Lipinski definition) is 5. The average Bonchev–Trinajstić information content (AvgIpc) is 2.21. The highest BCUT2D eigenvalue weighted by Gasteiger charge is 2.20. The largest absolute Gasteiger partial charge is 0.465 e. The molecule has 0 aromatic rings. The van der Waals surface area contributed by atoms with Crippen LogP contribution in [0.4, 0.5) is 0 Å². The lowest BCUT2D eigenvalue weighted by Crippen LogP contribution is -2.15. The van der Waals surface area contributed by atoms with Gasteiger partial charge in [0.25, 0.3) is 0 Å². The molecule has 0 radical (unpaired) electrons. The number of carbonyl (C=O) groups is 2. The van der Waals surface area contributed by atoms with Crippen molar-refractivity contribution in [2.24, 2.45) is 0 Å². The monoisotopic (exact) mass is 280 g/mol. The first kappa shape index (κ1) is 16.8. The standard InChI is InChI=1S/C10H17O7P/c1-3-9(11)17-8(2)5-4-6-16-10(12)7-18(13,14)15/h3,8H,1,4-7H2,2H3,(H2,13,14,15). The van der Waals surface area contributed by atoms with Gasteiger partial charge in [0.1, 0.15) is 6.16 Å². The van der Waals surface area contributed by atoms with E-state index in [1.54, 1.807) is 6.92 Å². The highest BCUT2D eigenvalue weighted by molar-refractivity contribution is 7.52. The molecule has 0 fully saturated rings. The van der Waals surface area contributed by atoms with E-state index in [1.807, 2.05) is 0 Å². The molecule has 0 saturated carbocycles. The van der Waals surface area contributed by atoms with Crippen molar-refractivity contribution in [1.29, 1.82) is 0 Å². The van der Waals surface area contributed by atoms with Crippen molar-refractivity contribution in [3.8, 4) is 0 Å². The van der Waals surface area contributed by atoms with Crippen molar-refractivity contribution in [2.45, 2.75) is 25.9 Å². The van der Waals surface area contributed by atoms with Crippen LogP contribution >= 0.6 is 7.60 Å². The molecule has 8 heteroatoms. The van der Waals surface area contributed by atoms with Crippen LogP contribution in [0.5, 0.6) is 0 Å². The van der Waals surface area contributed by atoms with Crippen molar-refractivity contribution in [3.05, 3.63) is 12.7 Å². The minimum Gasteiger partial charge on any atom is -0.465 e. The van der Waals surface area contributed by atoms with Gasteiger partial charge >= 0.3 is 19.5 Å². The summed E-state index contributed by atoms with van der Waals surface area (Å²) in [4.78, 5) is 38.7. The highest BCUT2D eigenvalue weighted by atomic mass is 31.2. The van der Waals surface area contributed by atoms with Gasteiger partial charge in [-0.3, -0.25) is 9.36 Å². The van der Waals surface area contributed by atoms with E-state index in [2.05, 4.69) is 11.3 Å². The zero-order valence-corrected chi connectivity index (χ0v) is 11.0. The normalized spacial score (nSPS) is 12.6. The molecule has 0 saturated heterocycles. The van der Waals surface area contributed by atoms with Gasteiger partial charge in [0.15, 0.2) is 0 Å². The zero-order chi connectivity index (χ0) is 14.2. The molecular weight excluding hydrogens is 263 g/mol. The van der Waals surface area contributed by atoms with Crippen LogP contribution in [0.1, 0.15) is 19.8 Å². The number of carbonyl (C=O) groups excluding carboxylic acids is 2. The third kappa shape index (κ3) is 10.0. The highest BCUT2D eigenvalue weighted by Crippen LogP contribution is 2.33. The lowest BCUT2D eigenvalue weighted by Gasteiger charge is -2.11. The van der Waals surface area contributed by atoms with E-state index in [1.165, 1.54) is 0 Å². The number of ether oxygens (including phenoxy) is 2. The molecule has 18 heavy (non-hydrogen) atoms. The molecule has 0 heterocycles. The third-order valence-corrected chi connectivity index (χ3v) is 2.51. The van der Waals surface area contributed by atoms with Crippen molar-refractivity contribution in [2.75, 3.05) is 12.8 Å². The fourth-order valence-electron chi connectivity index (χ4n) is 1.08. The summed E-state index contributed by atoms with van der Waals surface area (Å²) in [7, 11) is -4.37. The lowest BCUT2D eigenvalue weighted by atomic mass is 10.2. The van der Waals surface area contributed by atoms with Gasteiger partial charge in [-0.1, -0.05) is 6.58 Å². The molecule has 0 aromatic heterocycles. The first-order chi connectivity index (χ1) is 8.24. The van der Waals surface area contributed by atoms with E-state index in [0.29, 0.717) is 12.8 Å². The summed E-state index contributed by atoms with van der Waals surface area (Å²) in [5.74, 6) is -1.47. The smallest absolute Gasteiger partial charge is 0.336 e. The maximum atomic E-state index is 10.9. The second-order valence-corrected chi connectivity index (χ2v) is 5.28. The summed E-state index contributed by atoms with van der Waals surface area (Å²) in [6.45, 7) is 4.95. The van der Waals surface area contributed by atoms with E-state index in [9.17, 15) is 14.2 Å². The summed E-state index contributed by atoms with van der Waals surface area (Å²) in [6.07, 6.45) is 0.697. The quantitative estimate of drug-likeness (QED) is 0.290. The Labute approximate surface area is 105 Å². The molecule has 1 unspecified atom stereocenters. The maximum absolute atomic E-state index is 10.9. The van der Waals surface area contributed by atoms with Crippen molar-refractivity contribution in [3.63, 3.8) is 0 Å². The minimum atomic E-state index is -4.37. The topological polar surface area (TPSA) is 110 Å². The Morgan fingerprint density at radius 2 is 2.06 bits per heavy atom. The second kappa shape index (κ2) is 8.02. The summed E-state index contributed by atoms with van der Waals surface area (Å²) in [6, 6.07) is 0. The second-order valence-electron chi connectivity index (χ2n) is 3.64. The van der Waals surface area contributed by atoms with Gasteiger partial charge in [0.05, 0.1) is 12.7 Å². The van der Waals surface area contributed by atoms with Gasteiger partial charge in [-0.2, -0.15) is 0 Å². The SMILES string of the molecule is C=CC(=O)OC(C)CCCOC(=O)CP(=O)(O)O. The number of rotatable bonds is 8. The molecule has 0 aromatic carbocycles. The van der Waals surface area contributed by atoms with Gasteiger partial charge in [0.2, 0.25) is 0 Å². The Morgan fingerprint density at radius 3 is 2.56 bits per heavy atom. The van der Waals surface area contributed by atoms with Crippen LogP contribution in [0.3, 0.4) is 0 Å². The van der Waals surface area contributed by atoms with Gasteiger partial charge in [-0.05, 0) is 19.8 Å². The maximum Gasteiger partial charge on any atom is 0.336 e. The van der Waals surface area contributed by atoms with Crippen LogP contribution in [-0.2, 0) is 23.6 Å². The molecule has 0 bridgehead atoms. The molecule has 0 rings (SSSR count). The van der Waals surface area contributed by atoms with E-state index < -0.39 is 25.7 Å². The molecular formula is C10H17O7P. The summed E-state index contributed by atoms with van der Waals surface area (Å²) in [5, 5.41) is 0. The van der Waals surface area contributed by atoms with Crippen LogP contribution in [0.2, 0.25) is 0 Å². The molecule has 1 atom stereocenters. The van der Waals surface area contributed by atoms with E-state index in [4.69, 9.17) is 14.5 Å². The van der Waals surface area contributed by atoms with E-state index in [0.717, 1.165) is 6.08 Å². The average molecular weight is 280 g/mol. The van der Waals surface area contributed by atoms with Crippen LogP contribution in [-0.4, -0.2) is 40.6 Å². The van der Waals surface area contributed by atoms with Gasteiger partial charge < -0.3 is 19.3 Å². The Kier molecular flexibility index (Phi) is 7.50. The first-order valence-electron chi connectivity index (χ1n) is 5.28. The van der Waals surface area contributed by atoms with Crippen LogP contribution in [0, 0.1) is 0 Å². The van der Waals surface area contributed by atoms with Crippen molar-refractivity contribution < 1.29 is 33.4 Å². The molecule has 0 aliphatic heterocycles. The molecule has 0 amide bonds. The zero-order valence-electron chi connectivity index (χ0n) is 10.1. The van der Waals surface area contributed by atoms with Crippen molar-refractivity contribution in [1.82, 2.24) is 0 Å². The van der Waals surface area contributed by atoms with Crippen LogP contribution in [0.15, 0.2) is 12.7 Å². The molecule has 0 spiro atoms. The molecule has 0 aliphatic carbocycles. The first-order valence-corrected chi connectivity index (χ1v) is 7.07. The lowest BCUT2D eigenvalue weighted by molar-refractivity contribution is -0.144. The van der Waals surface area contributed by atoms with Crippen molar-refractivity contribution >= 4 is 19.5 Å². The Morgan fingerprint density at radius 1 is 1.44 bits per heavy atom. The third-order valence-electron chi connectivity index (χ3n) is 1.84. The predicted molar refractivity (Wildman–Crippen MR) is 62.9 cm³/mol. The summed E-state index contributed by atoms with van der Waals surface area (Å²) >= 11 is 0. The van der Waals surface area contributed by atoms with E-state index in [-0.39, 0.29) is 12.7 Å². The van der Waals surface area contributed by atoms with Crippen LogP contribution in [0.25, 0.3) is 0 Å². The molecule has 2 N–H and O–H groups in total. The Balaban J connectivity index is 3.67. The molecule has 104 valence electrons. The predicted octanol–water partition coefficient (Wildman–Crippen LogP) is 0.605. The van der Waals surface area contributed by atoms with Gasteiger partial charge in [0, 0.05) is 6.08 Å². The van der Waals surface area contributed by atoms with Gasteiger partial charge in [-0.25, -0.2) is 4.79 Å². The van der Waals surface area contributed by atoms with Gasteiger partial charge in [-0.15, -0.1) is 0 Å².